The van der Waals surface area contributed by atoms with Gasteiger partial charge in [0.2, 0.25) is 0 Å². The Bertz CT molecular complexity index is 521. The molecule has 1 aliphatic heterocycles. The van der Waals surface area contributed by atoms with Crippen LogP contribution < -0.4 is 0 Å². The second kappa shape index (κ2) is 6.19. The summed E-state index contributed by atoms with van der Waals surface area (Å²) in [5, 5.41) is 4.24. The van der Waals surface area contributed by atoms with Crippen LogP contribution in [0.5, 0.6) is 0 Å². The van der Waals surface area contributed by atoms with Gasteiger partial charge in [-0.25, -0.2) is 4.98 Å². The van der Waals surface area contributed by atoms with Crippen molar-refractivity contribution in [1.29, 1.82) is 0 Å². The fraction of sp³-hybridized carbons (Fsp3) is 0.571. The summed E-state index contributed by atoms with van der Waals surface area (Å²) in [5.41, 5.74) is 0. The number of rotatable bonds is 5. The third-order valence-corrected chi connectivity index (χ3v) is 3.68. The zero-order valence-electron chi connectivity index (χ0n) is 11.9. The van der Waals surface area contributed by atoms with Crippen molar-refractivity contribution in [1.82, 2.24) is 24.2 Å². The molecule has 3 heterocycles. The molecule has 1 aliphatic rings. The topological polar surface area (TPSA) is 48.1 Å². The Balaban J connectivity index is 1.58. The summed E-state index contributed by atoms with van der Waals surface area (Å²) in [7, 11) is 0. The molecule has 108 valence electrons. The summed E-state index contributed by atoms with van der Waals surface area (Å²) < 4.78 is 9.95. The van der Waals surface area contributed by atoms with E-state index in [-0.39, 0.29) is 6.10 Å². The third kappa shape index (κ3) is 3.08. The van der Waals surface area contributed by atoms with Crippen molar-refractivity contribution in [3.05, 3.63) is 36.7 Å². The summed E-state index contributed by atoms with van der Waals surface area (Å²) in [5.74, 6) is 1.13. The lowest BCUT2D eigenvalue weighted by Crippen LogP contribution is -2.44. The highest BCUT2D eigenvalue weighted by Gasteiger charge is 2.22. The third-order valence-electron chi connectivity index (χ3n) is 3.68. The number of morpholine rings is 1. The van der Waals surface area contributed by atoms with Crippen LogP contribution in [0.25, 0.3) is 0 Å². The molecule has 0 amide bonds. The molecule has 0 radical (unpaired) electrons. The molecule has 2 aromatic heterocycles. The number of ether oxygens (including phenoxy) is 1. The van der Waals surface area contributed by atoms with E-state index in [4.69, 9.17) is 4.74 Å². The summed E-state index contributed by atoms with van der Waals surface area (Å²) in [4.78, 5) is 6.85. The predicted octanol–water partition coefficient (Wildman–Crippen LogP) is 1.00. The number of hydrogen-bond acceptors (Lipinski definition) is 4. The van der Waals surface area contributed by atoms with Crippen LogP contribution in [0, 0.1) is 0 Å². The number of aromatic nitrogens is 4. The SMILES string of the molecule is CCn1ccnc1CN1CCO[C@@H](Cn2cccn2)C1. The van der Waals surface area contributed by atoms with E-state index in [1.807, 2.05) is 29.3 Å². The maximum Gasteiger partial charge on any atom is 0.122 e. The Kier molecular flexibility index (Phi) is 4.13. The van der Waals surface area contributed by atoms with E-state index >= 15 is 0 Å². The van der Waals surface area contributed by atoms with E-state index in [0.29, 0.717) is 0 Å². The standard InChI is InChI=1S/C14H21N5O/c1-2-18-7-5-15-14(18)12-17-8-9-20-13(10-17)11-19-6-3-4-16-19/h3-7,13H,2,8-12H2,1H3/t13-/m1/s1. The van der Waals surface area contributed by atoms with E-state index in [0.717, 1.165) is 45.2 Å². The van der Waals surface area contributed by atoms with Crippen molar-refractivity contribution in [2.24, 2.45) is 0 Å². The highest BCUT2D eigenvalue weighted by molar-refractivity contribution is 4.93. The first-order valence-corrected chi connectivity index (χ1v) is 7.16. The van der Waals surface area contributed by atoms with E-state index in [2.05, 4.69) is 26.5 Å². The molecule has 1 atom stereocenters. The minimum atomic E-state index is 0.202. The molecule has 2 aromatic rings. The molecule has 0 aromatic carbocycles. The molecule has 0 N–H and O–H groups in total. The van der Waals surface area contributed by atoms with Gasteiger partial charge in [-0.05, 0) is 13.0 Å². The van der Waals surface area contributed by atoms with Gasteiger partial charge in [0.15, 0.2) is 0 Å². The van der Waals surface area contributed by atoms with Crippen LogP contribution in [-0.4, -0.2) is 50.0 Å². The average Bonchev–Trinajstić information content (AvgIpc) is 3.10. The first-order valence-electron chi connectivity index (χ1n) is 7.16. The molecule has 3 rings (SSSR count). The van der Waals surface area contributed by atoms with Crippen molar-refractivity contribution < 1.29 is 4.74 Å². The Morgan fingerprint density at radius 2 is 2.30 bits per heavy atom. The number of hydrogen-bond donors (Lipinski definition) is 0. The zero-order valence-corrected chi connectivity index (χ0v) is 11.9. The largest absolute Gasteiger partial charge is 0.374 e. The molecule has 6 nitrogen and oxygen atoms in total. The first kappa shape index (κ1) is 13.3. The van der Waals surface area contributed by atoms with E-state index < -0.39 is 0 Å². The Labute approximate surface area is 119 Å². The van der Waals surface area contributed by atoms with E-state index in [1.54, 1.807) is 6.20 Å². The van der Waals surface area contributed by atoms with Crippen LogP contribution in [-0.2, 0) is 24.4 Å². The summed E-state index contributed by atoms with van der Waals surface area (Å²) in [6.07, 6.45) is 7.90. The first-order chi connectivity index (χ1) is 9.85. The monoisotopic (exact) mass is 275 g/mol. The maximum absolute atomic E-state index is 5.83. The average molecular weight is 275 g/mol. The Morgan fingerprint density at radius 3 is 3.10 bits per heavy atom. The van der Waals surface area contributed by atoms with Crippen LogP contribution >= 0.6 is 0 Å². The highest BCUT2D eigenvalue weighted by Crippen LogP contribution is 2.11. The number of aryl methyl sites for hydroxylation is 1. The Morgan fingerprint density at radius 1 is 1.35 bits per heavy atom. The van der Waals surface area contributed by atoms with Gasteiger partial charge in [-0.15, -0.1) is 0 Å². The maximum atomic E-state index is 5.83. The molecule has 0 unspecified atom stereocenters. The second-order valence-electron chi connectivity index (χ2n) is 5.09. The van der Waals surface area contributed by atoms with Gasteiger partial charge >= 0.3 is 0 Å². The molecular formula is C14H21N5O. The normalized spacial score (nSPS) is 20.4. The number of imidazole rings is 1. The van der Waals surface area contributed by atoms with Gasteiger partial charge in [0.05, 0.1) is 25.8 Å². The van der Waals surface area contributed by atoms with Crippen molar-refractivity contribution >= 4 is 0 Å². The Hall–Kier alpha value is -1.66. The summed E-state index contributed by atoms with van der Waals surface area (Å²) >= 11 is 0. The van der Waals surface area contributed by atoms with Crippen molar-refractivity contribution in [2.75, 3.05) is 19.7 Å². The molecule has 0 saturated carbocycles. The van der Waals surface area contributed by atoms with Crippen molar-refractivity contribution in [3.63, 3.8) is 0 Å². The van der Waals surface area contributed by atoms with Gasteiger partial charge in [-0.3, -0.25) is 9.58 Å². The molecule has 0 aliphatic carbocycles. The lowest BCUT2D eigenvalue weighted by atomic mass is 10.2. The predicted molar refractivity (Wildman–Crippen MR) is 75.1 cm³/mol. The van der Waals surface area contributed by atoms with Crippen LogP contribution in [0.1, 0.15) is 12.7 Å². The molecule has 1 saturated heterocycles. The van der Waals surface area contributed by atoms with Crippen LogP contribution in [0.3, 0.4) is 0 Å². The van der Waals surface area contributed by atoms with Gasteiger partial charge in [-0.1, -0.05) is 0 Å². The molecular weight excluding hydrogens is 254 g/mol. The minimum absolute atomic E-state index is 0.202. The van der Waals surface area contributed by atoms with E-state index in [9.17, 15) is 0 Å². The van der Waals surface area contributed by atoms with Crippen LogP contribution in [0.4, 0.5) is 0 Å². The van der Waals surface area contributed by atoms with Crippen LogP contribution in [0.15, 0.2) is 30.9 Å². The minimum Gasteiger partial charge on any atom is -0.374 e. The zero-order chi connectivity index (χ0) is 13.8. The fourth-order valence-electron chi connectivity index (χ4n) is 2.63. The number of nitrogens with zero attached hydrogens (tertiary/aromatic N) is 5. The lowest BCUT2D eigenvalue weighted by molar-refractivity contribution is -0.0411. The second-order valence-corrected chi connectivity index (χ2v) is 5.09. The van der Waals surface area contributed by atoms with Gasteiger partial charge in [0, 0.05) is 44.4 Å². The smallest absolute Gasteiger partial charge is 0.122 e. The lowest BCUT2D eigenvalue weighted by Gasteiger charge is -2.32. The van der Waals surface area contributed by atoms with Gasteiger partial charge in [0.1, 0.15) is 5.82 Å². The fourth-order valence-corrected chi connectivity index (χ4v) is 2.63. The molecule has 0 spiro atoms. The summed E-state index contributed by atoms with van der Waals surface area (Å²) in [6, 6.07) is 1.94. The summed E-state index contributed by atoms with van der Waals surface area (Å²) in [6.45, 7) is 7.48. The van der Waals surface area contributed by atoms with E-state index in [1.165, 1.54) is 0 Å². The van der Waals surface area contributed by atoms with Gasteiger partial charge in [-0.2, -0.15) is 5.10 Å². The van der Waals surface area contributed by atoms with Gasteiger partial charge < -0.3 is 9.30 Å². The molecule has 0 bridgehead atoms. The highest BCUT2D eigenvalue weighted by atomic mass is 16.5. The molecule has 20 heavy (non-hydrogen) atoms. The van der Waals surface area contributed by atoms with Gasteiger partial charge in [0.25, 0.3) is 0 Å². The molecule has 6 heteroatoms. The van der Waals surface area contributed by atoms with Crippen molar-refractivity contribution in [3.8, 4) is 0 Å². The van der Waals surface area contributed by atoms with Crippen LogP contribution in [0.2, 0.25) is 0 Å². The molecule has 1 fully saturated rings. The quantitative estimate of drug-likeness (QED) is 0.817. The van der Waals surface area contributed by atoms with Crippen molar-refractivity contribution in [2.45, 2.75) is 32.7 Å².